The Kier molecular flexibility index (Phi) is 4.45. The highest BCUT2D eigenvalue weighted by atomic mass is 32.1. The molecule has 0 fully saturated rings. The Balaban J connectivity index is 1.98. The van der Waals surface area contributed by atoms with Crippen LogP contribution in [0.5, 0.6) is 0 Å². The number of benzene rings is 2. The Morgan fingerprint density at radius 1 is 0.960 bits per heavy atom. The summed E-state index contributed by atoms with van der Waals surface area (Å²) in [6.45, 7) is 0. The topological polar surface area (TPSA) is 60.7 Å². The predicted octanol–water partition coefficient (Wildman–Crippen LogP) is 5.01. The molecule has 0 unspecified atom stereocenters. The van der Waals surface area contributed by atoms with Crippen LogP contribution in [-0.2, 0) is 6.18 Å². The van der Waals surface area contributed by atoms with E-state index in [9.17, 15) is 18.0 Å². The van der Waals surface area contributed by atoms with Crippen LogP contribution in [0, 0.1) is 4.77 Å². The number of rotatable bonds is 3. The van der Waals surface area contributed by atoms with Crippen molar-refractivity contribution in [1.82, 2.24) is 9.97 Å². The van der Waals surface area contributed by atoms with Crippen LogP contribution < -0.4 is 5.32 Å². The number of hydrogen-bond donors (Lipinski definition) is 3. The molecule has 3 aromatic rings. The number of carbonyl (C=O) groups excluding carboxylic acids is 1. The van der Waals surface area contributed by atoms with E-state index >= 15 is 0 Å². The van der Waals surface area contributed by atoms with E-state index in [4.69, 9.17) is 12.2 Å². The average molecular weight is 363 g/mol. The molecule has 128 valence electrons. The first kappa shape index (κ1) is 17.0. The number of hydrogen-bond acceptors (Lipinski definition) is 2. The predicted molar refractivity (Wildman–Crippen MR) is 90.8 cm³/mol. The maximum absolute atomic E-state index is 13.1. The van der Waals surface area contributed by atoms with Crippen LogP contribution >= 0.6 is 12.2 Å². The smallest absolute Gasteiger partial charge is 0.329 e. The van der Waals surface area contributed by atoms with Gasteiger partial charge in [-0.1, -0.05) is 42.5 Å². The summed E-state index contributed by atoms with van der Waals surface area (Å²) < 4.78 is 39.5. The first-order valence-corrected chi connectivity index (χ1v) is 7.62. The molecule has 4 nitrogen and oxygen atoms in total. The van der Waals surface area contributed by atoms with Gasteiger partial charge in [0.15, 0.2) is 4.77 Å². The highest BCUT2D eigenvalue weighted by molar-refractivity contribution is 7.71. The lowest BCUT2D eigenvalue weighted by atomic mass is 10.1. The van der Waals surface area contributed by atoms with Crippen molar-refractivity contribution in [3.05, 3.63) is 70.5 Å². The molecule has 0 saturated heterocycles. The fraction of sp³-hybridized carbons (Fsp3) is 0.0588. The summed E-state index contributed by atoms with van der Waals surface area (Å²) in [5.41, 5.74) is -0.241. The number of halogens is 3. The zero-order valence-corrected chi connectivity index (χ0v) is 13.5. The van der Waals surface area contributed by atoms with E-state index in [1.807, 2.05) is 6.07 Å². The molecular weight excluding hydrogens is 351 g/mol. The van der Waals surface area contributed by atoms with Gasteiger partial charge < -0.3 is 15.3 Å². The number of amides is 1. The molecule has 0 spiro atoms. The Labute approximate surface area is 145 Å². The Morgan fingerprint density at radius 3 is 2.28 bits per heavy atom. The number of anilines is 1. The molecular formula is C17H12F3N3OS. The molecule has 0 bridgehead atoms. The molecule has 25 heavy (non-hydrogen) atoms. The third kappa shape index (κ3) is 3.63. The largest absolute Gasteiger partial charge is 0.417 e. The molecule has 0 saturated carbocycles. The van der Waals surface area contributed by atoms with E-state index in [1.54, 1.807) is 24.3 Å². The van der Waals surface area contributed by atoms with Gasteiger partial charge in [-0.15, -0.1) is 0 Å². The van der Waals surface area contributed by atoms with Crippen LogP contribution in [0.3, 0.4) is 0 Å². The van der Waals surface area contributed by atoms with Crippen molar-refractivity contribution in [2.24, 2.45) is 0 Å². The van der Waals surface area contributed by atoms with Gasteiger partial charge in [0.05, 0.1) is 16.8 Å². The fourth-order valence-corrected chi connectivity index (χ4v) is 2.61. The lowest BCUT2D eigenvalue weighted by Crippen LogP contribution is -2.19. The summed E-state index contributed by atoms with van der Waals surface area (Å²) in [5.74, 6) is -0.673. The molecule has 2 aromatic carbocycles. The molecule has 0 radical (unpaired) electrons. The van der Waals surface area contributed by atoms with E-state index in [2.05, 4.69) is 15.3 Å². The summed E-state index contributed by atoms with van der Waals surface area (Å²) in [7, 11) is 0. The molecule has 0 aliphatic carbocycles. The molecule has 1 amide bonds. The summed E-state index contributed by atoms with van der Waals surface area (Å²) in [4.78, 5) is 18.0. The molecule has 8 heteroatoms. The quantitative estimate of drug-likeness (QED) is 0.573. The van der Waals surface area contributed by atoms with Crippen LogP contribution in [0.4, 0.5) is 19.0 Å². The maximum Gasteiger partial charge on any atom is 0.417 e. The average Bonchev–Trinajstić information content (AvgIpc) is 2.95. The van der Waals surface area contributed by atoms with E-state index in [1.165, 1.54) is 12.1 Å². The van der Waals surface area contributed by atoms with Crippen molar-refractivity contribution in [3.63, 3.8) is 0 Å². The Bertz CT molecular complexity index is 961. The van der Waals surface area contributed by atoms with Crippen molar-refractivity contribution in [3.8, 4) is 11.3 Å². The monoisotopic (exact) mass is 363 g/mol. The number of aromatic amines is 2. The van der Waals surface area contributed by atoms with Crippen LogP contribution in [0.25, 0.3) is 11.3 Å². The van der Waals surface area contributed by atoms with E-state index in [0.717, 1.165) is 17.7 Å². The molecule has 1 aromatic heterocycles. The second-order valence-corrected chi connectivity index (χ2v) is 5.60. The van der Waals surface area contributed by atoms with Gasteiger partial charge in [0.2, 0.25) is 0 Å². The van der Waals surface area contributed by atoms with Gasteiger partial charge in [0.25, 0.3) is 5.91 Å². The Hall–Kier alpha value is -2.87. The van der Waals surface area contributed by atoms with Gasteiger partial charge in [-0.05, 0) is 24.4 Å². The van der Waals surface area contributed by atoms with E-state index in [-0.39, 0.29) is 10.6 Å². The first-order chi connectivity index (χ1) is 11.9. The maximum atomic E-state index is 13.1. The van der Waals surface area contributed by atoms with Gasteiger partial charge in [-0.25, -0.2) is 0 Å². The van der Waals surface area contributed by atoms with Crippen LogP contribution in [0.1, 0.15) is 15.9 Å². The standard InChI is InChI=1S/C17H12F3N3OS/c18-17(19,20)12-9-5-4-8-11(12)15(24)22-14-13(21-16(25)23-14)10-6-2-1-3-7-10/h1-9H,(H,22,24)(H2,21,23,25). The summed E-state index contributed by atoms with van der Waals surface area (Å²) in [6, 6.07) is 13.6. The van der Waals surface area contributed by atoms with Crippen molar-refractivity contribution < 1.29 is 18.0 Å². The SMILES string of the molecule is O=C(Nc1[nH]c(=S)[nH]c1-c1ccccc1)c1ccccc1C(F)(F)F. The first-order valence-electron chi connectivity index (χ1n) is 7.21. The third-order valence-electron chi connectivity index (χ3n) is 3.51. The van der Waals surface area contributed by atoms with Crippen molar-refractivity contribution in [2.45, 2.75) is 6.18 Å². The molecule has 0 aliphatic heterocycles. The lowest BCUT2D eigenvalue weighted by molar-refractivity contribution is -0.137. The normalized spacial score (nSPS) is 11.3. The van der Waals surface area contributed by atoms with E-state index in [0.29, 0.717) is 5.69 Å². The number of alkyl halides is 3. The number of aromatic nitrogens is 2. The number of nitrogens with one attached hydrogen (secondary N) is 3. The molecule has 0 atom stereocenters. The second kappa shape index (κ2) is 6.56. The summed E-state index contributed by atoms with van der Waals surface area (Å²) in [5, 5.41) is 2.47. The molecule has 0 aliphatic rings. The van der Waals surface area contributed by atoms with Crippen molar-refractivity contribution >= 4 is 23.9 Å². The van der Waals surface area contributed by atoms with E-state index < -0.39 is 23.2 Å². The lowest BCUT2D eigenvalue weighted by Gasteiger charge is -2.12. The number of imidazole rings is 1. The van der Waals surface area contributed by atoms with Crippen molar-refractivity contribution in [2.75, 3.05) is 5.32 Å². The second-order valence-electron chi connectivity index (χ2n) is 5.19. The number of carbonyl (C=O) groups is 1. The van der Waals surface area contributed by atoms with Crippen molar-refractivity contribution in [1.29, 1.82) is 0 Å². The fourth-order valence-electron chi connectivity index (χ4n) is 2.41. The molecule has 1 heterocycles. The summed E-state index contributed by atoms with van der Waals surface area (Å²) >= 11 is 5.03. The van der Waals surface area contributed by atoms with Gasteiger partial charge in [0, 0.05) is 5.56 Å². The van der Waals surface area contributed by atoms with Crippen LogP contribution in [0.2, 0.25) is 0 Å². The zero-order valence-electron chi connectivity index (χ0n) is 12.6. The highest BCUT2D eigenvalue weighted by Gasteiger charge is 2.35. The summed E-state index contributed by atoms with van der Waals surface area (Å²) in [6.07, 6.45) is -4.62. The molecule has 3 rings (SSSR count). The minimum absolute atomic E-state index is 0.207. The third-order valence-corrected chi connectivity index (χ3v) is 3.71. The highest BCUT2D eigenvalue weighted by Crippen LogP contribution is 2.32. The Morgan fingerprint density at radius 2 is 1.60 bits per heavy atom. The van der Waals surface area contributed by atoms with Gasteiger partial charge in [0.1, 0.15) is 5.82 Å². The van der Waals surface area contributed by atoms with Gasteiger partial charge in [-0.3, -0.25) is 4.79 Å². The molecule has 3 N–H and O–H groups in total. The zero-order chi connectivity index (χ0) is 18.0. The number of H-pyrrole nitrogens is 2. The van der Waals surface area contributed by atoms with Gasteiger partial charge >= 0.3 is 6.18 Å². The van der Waals surface area contributed by atoms with Gasteiger partial charge in [-0.2, -0.15) is 13.2 Å². The van der Waals surface area contributed by atoms with Crippen LogP contribution in [-0.4, -0.2) is 15.9 Å². The minimum atomic E-state index is -4.62. The minimum Gasteiger partial charge on any atom is -0.329 e. The van der Waals surface area contributed by atoms with Crippen LogP contribution in [0.15, 0.2) is 54.6 Å².